The topological polar surface area (TPSA) is 39.7 Å². The van der Waals surface area contributed by atoms with Crippen molar-refractivity contribution in [1.82, 2.24) is 5.32 Å². The van der Waals surface area contributed by atoms with Gasteiger partial charge >= 0.3 is 0 Å². The molecule has 0 unspecified atom stereocenters. The molecule has 0 radical (unpaired) electrons. The Morgan fingerprint density at radius 2 is 1.77 bits per heavy atom. The van der Waals surface area contributed by atoms with E-state index in [-0.39, 0.29) is 6.61 Å². The number of hydrogen-bond donors (Lipinski definition) is 1. The Bertz CT molecular complexity index is 675. The van der Waals surface area contributed by atoms with Gasteiger partial charge in [0.05, 0.1) is 6.61 Å². The first-order chi connectivity index (χ1) is 12.7. The van der Waals surface area contributed by atoms with E-state index in [1.165, 1.54) is 0 Å². The van der Waals surface area contributed by atoms with E-state index < -0.39 is 0 Å². The first-order valence-corrected chi connectivity index (χ1v) is 9.42. The monoisotopic (exact) mass is 397 g/mol. The molecular formula is C20H25Cl2NO3. The molecule has 0 aliphatic heterocycles. The molecule has 1 N–H and O–H groups in total. The molecule has 26 heavy (non-hydrogen) atoms. The van der Waals surface area contributed by atoms with E-state index in [9.17, 15) is 0 Å². The molecule has 6 heteroatoms. The minimum absolute atomic E-state index is 0.285. The second-order valence-corrected chi connectivity index (χ2v) is 6.54. The Kier molecular flexibility index (Phi) is 9.06. The van der Waals surface area contributed by atoms with Gasteiger partial charge in [-0.05, 0) is 49.7 Å². The van der Waals surface area contributed by atoms with Crippen molar-refractivity contribution in [3.05, 3.63) is 57.6 Å². The summed E-state index contributed by atoms with van der Waals surface area (Å²) in [6.07, 6.45) is 0.981. The highest BCUT2D eigenvalue weighted by atomic mass is 35.5. The third-order valence-electron chi connectivity index (χ3n) is 3.77. The molecule has 0 atom stereocenters. The highest BCUT2D eigenvalue weighted by Crippen LogP contribution is 2.31. The van der Waals surface area contributed by atoms with Gasteiger partial charge in [-0.15, -0.1) is 0 Å². The molecule has 4 nitrogen and oxygen atoms in total. The lowest BCUT2D eigenvalue weighted by molar-refractivity contribution is 0.194. The Morgan fingerprint density at radius 3 is 2.46 bits per heavy atom. The van der Waals surface area contributed by atoms with Gasteiger partial charge in [-0.1, -0.05) is 35.3 Å². The molecule has 0 saturated carbocycles. The van der Waals surface area contributed by atoms with Crippen molar-refractivity contribution in [2.75, 3.05) is 26.9 Å². The number of ether oxygens (including phenoxy) is 3. The molecule has 0 aliphatic rings. The lowest BCUT2D eigenvalue weighted by atomic mass is 10.2. The molecule has 0 amide bonds. The maximum absolute atomic E-state index is 6.20. The molecule has 0 aliphatic carbocycles. The van der Waals surface area contributed by atoms with Crippen molar-refractivity contribution >= 4 is 23.2 Å². The van der Waals surface area contributed by atoms with E-state index in [1.807, 2.05) is 31.2 Å². The van der Waals surface area contributed by atoms with E-state index in [1.54, 1.807) is 19.2 Å². The largest absolute Gasteiger partial charge is 0.490 e. The number of hydrogen-bond acceptors (Lipinski definition) is 4. The summed E-state index contributed by atoms with van der Waals surface area (Å²) < 4.78 is 16.7. The zero-order chi connectivity index (χ0) is 18.8. The number of rotatable bonds is 11. The van der Waals surface area contributed by atoms with Crippen molar-refractivity contribution in [1.29, 1.82) is 0 Å². The normalized spacial score (nSPS) is 10.8. The summed E-state index contributed by atoms with van der Waals surface area (Å²) in [5.41, 5.74) is 1.90. The Morgan fingerprint density at radius 1 is 1.00 bits per heavy atom. The van der Waals surface area contributed by atoms with Crippen LogP contribution in [0.3, 0.4) is 0 Å². The van der Waals surface area contributed by atoms with Gasteiger partial charge < -0.3 is 19.5 Å². The van der Waals surface area contributed by atoms with Crippen LogP contribution in [0.4, 0.5) is 0 Å². The number of benzene rings is 2. The maximum atomic E-state index is 6.20. The Labute approximate surface area is 165 Å². The zero-order valence-corrected chi connectivity index (χ0v) is 16.7. The minimum atomic E-state index is 0.285. The summed E-state index contributed by atoms with van der Waals surface area (Å²) in [7, 11) is 1.71. The van der Waals surface area contributed by atoms with Gasteiger partial charge in [0.1, 0.15) is 6.61 Å². The number of halogens is 2. The number of methoxy groups -OCH3 is 1. The van der Waals surface area contributed by atoms with Gasteiger partial charge in [-0.3, -0.25) is 0 Å². The zero-order valence-electron chi connectivity index (χ0n) is 15.2. The predicted octanol–water partition coefficient (Wildman–Crippen LogP) is 5.10. The molecular weight excluding hydrogens is 373 g/mol. The first-order valence-electron chi connectivity index (χ1n) is 8.66. The minimum Gasteiger partial charge on any atom is -0.490 e. The smallest absolute Gasteiger partial charge is 0.161 e. The van der Waals surface area contributed by atoms with Crippen LogP contribution in [0, 0.1) is 0 Å². The predicted molar refractivity (Wildman–Crippen MR) is 107 cm³/mol. The highest BCUT2D eigenvalue weighted by molar-refractivity contribution is 6.35. The average Bonchev–Trinajstić information content (AvgIpc) is 2.63. The van der Waals surface area contributed by atoms with Gasteiger partial charge in [-0.2, -0.15) is 0 Å². The summed E-state index contributed by atoms with van der Waals surface area (Å²) in [4.78, 5) is 0. The summed E-state index contributed by atoms with van der Waals surface area (Å²) in [6, 6.07) is 11.4. The summed E-state index contributed by atoms with van der Waals surface area (Å²) in [5, 5.41) is 4.57. The van der Waals surface area contributed by atoms with Gasteiger partial charge in [0.25, 0.3) is 0 Å². The maximum Gasteiger partial charge on any atom is 0.161 e. The van der Waals surface area contributed by atoms with E-state index >= 15 is 0 Å². The molecule has 0 aromatic heterocycles. The van der Waals surface area contributed by atoms with E-state index in [0.29, 0.717) is 28.2 Å². The average molecular weight is 398 g/mol. The molecule has 0 saturated heterocycles. The van der Waals surface area contributed by atoms with Crippen LogP contribution in [-0.4, -0.2) is 26.9 Å². The van der Waals surface area contributed by atoms with Crippen LogP contribution in [0.2, 0.25) is 10.0 Å². The second-order valence-electron chi connectivity index (χ2n) is 5.73. The van der Waals surface area contributed by atoms with Gasteiger partial charge in [0.2, 0.25) is 0 Å². The van der Waals surface area contributed by atoms with E-state index in [2.05, 4.69) is 5.32 Å². The quantitative estimate of drug-likeness (QED) is 0.535. The molecule has 0 fully saturated rings. The fraction of sp³-hybridized carbons (Fsp3) is 0.400. The van der Waals surface area contributed by atoms with Crippen LogP contribution < -0.4 is 14.8 Å². The standard InChI is InChI=1S/C20H25Cl2NO3/c1-3-25-20-12-15(13-23-10-5-11-24-2)8-9-19(20)26-14-16-17(21)6-4-7-18(16)22/h4,6-9,12,23H,3,5,10-11,13-14H2,1-2H3. The van der Waals surface area contributed by atoms with Gasteiger partial charge in [0.15, 0.2) is 11.5 Å². The van der Waals surface area contributed by atoms with Gasteiger partial charge in [-0.25, -0.2) is 0 Å². The van der Waals surface area contributed by atoms with Crippen molar-refractivity contribution in [3.63, 3.8) is 0 Å². The fourth-order valence-corrected chi connectivity index (χ4v) is 2.95. The van der Waals surface area contributed by atoms with Gasteiger partial charge in [0, 0.05) is 35.9 Å². The molecule has 2 aromatic carbocycles. The van der Waals surface area contributed by atoms with E-state index in [4.69, 9.17) is 37.4 Å². The summed E-state index contributed by atoms with van der Waals surface area (Å²) >= 11 is 12.4. The van der Waals surface area contributed by atoms with Crippen LogP contribution in [-0.2, 0) is 17.9 Å². The van der Waals surface area contributed by atoms with Crippen molar-refractivity contribution < 1.29 is 14.2 Å². The van der Waals surface area contributed by atoms with Crippen LogP contribution in [0.5, 0.6) is 11.5 Å². The molecule has 0 bridgehead atoms. The fourth-order valence-electron chi connectivity index (χ4n) is 2.44. The molecule has 142 valence electrons. The number of nitrogens with one attached hydrogen (secondary N) is 1. The Hall–Kier alpha value is -1.46. The van der Waals surface area contributed by atoms with Crippen molar-refractivity contribution in [2.45, 2.75) is 26.5 Å². The lowest BCUT2D eigenvalue weighted by Gasteiger charge is -2.15. The second kappa shape index (κ2) is 11.3. The summed E-state index contributed by atoms with van der Waals surface area (Å²) in [5.74, 6) is 1.39. The third kappa shape index (κ3) is 6.36. The van der Waals surface area contributed by atoms with Crippen molar-refractivity contribution in [3.8, 4) is 11.5 Å². The van der Waals surface area contributed by atoms with Crippen LogP contribution in [0.15, 0.2) is 36.4 Å². The molecule has 0 heterocycles. The molecule has 2 aromatic rings. The third-order valence-corrected chi connectivity index (χ3v) is 4.48. The molecule has 0 spiro atoms. The van der Waals surface area contributed by atoms with Crippen LogP contribution in [0.25, 0.3) is 0 Å². The highest BCUT2D eigenvalue weighted by Gasteiger charge is 2.10. The van der Waals surface area contributed by atoms with E-state index in [0.717, 1.165) is 37.2 Å². The van der Waals surface area contributed by atoms with Crippen molar-refractivity contribution in [2.24, 2.45) is 0 Å². The first kappa shape index (κ1) is 20.8. The summed E-state index contributed by atoms with van der Waals surface area (Å²) in [6.45, 7) is 5.22. The van der Waals surface area contributed by atoms with Crippen LogP contribution in [0.1, 0.15) is 24.5 Å². The Balaban J connectivity index is 2.01. The molecule has 2 rings (SSSR count). The van der Waals surface area contributed by atoms with Crippen LogP contribution >= 0.6 is 23.2 Å². The SMILES string of the molecule is CCOc1cc(CNCCCOC)ccc1OCc1c(Cl)cccc1Cl. The lowest BCUT2D eigenvalue weighted by Crippen LogP contribution is -2.16.